The fourth-order valence-electron chi connectivity index (χ4n) is 3.49. The van der Waals surface area contributed by atoms with Crippen molar-refractivity contribution in [3.8, 4) is 23.1 Å². The highest BCUT2D eigenvalue weighted by Gasteiger charge is 2.45. The van der Waals surface area contributed by atoms with E-state index in [1.807, 2.05) is 44.2 Å². The molecule has 1 aromatic heterocycles. The van der Waals surface area contributed by atoms with Crippen LogP contribution in [0.2, 0.25) is 5.02 Å². The van der Waals surface area contributed by atoms with Gasteiger partial charge < -0.3 is 9.84 Å². The summed E-state index contributed by atoms with van der Waals surface area (Å²) in [5.41, 5.74) is 2.22. The van der Waals surface area contributed by atoms with Crippen LogP contribution < -0.4 is 4.74 Å². The Morgan fingerprint density at radius 1 is 1.19 bits per heavy atom. The van der Waals surface area contributed by atoms with E-state index in [1.54, 1.807) is 29.1 Å². The molecule has 3 aromatic rings. The molecule has 2 aromatic carbocycles. The molecular formula is C21H18ClN3O2. The molecule has 0 radical (unpaired) electrons. The van der Waals surface area contributed by atoms with Gasteiger partial charge in [-0.1, -0.05) is 23.7 Å². The van der Waals surface area contributed by atoms with Crippen molar-refractivity contribution in [3.63, 3.8) is 0 Å². The van der Waals surface area contributed by atoms with E-state index in [0.29, 0.717) is 16.3 Å². The van der Waals surface area contributed by atoms with E-state index >= 15 is 0 Å². The number of fused-ring (bicyclic) bond motifs is 1. The SMILES string of the molecule is CC1(C)Oc2ccc(C#N)cc2[C@@H](n2nccc2-c2ccc(Cl)cc2)[C@@H]1O. The van der Waals surface area contributed by atoms with E-state index in [1.165, 1.54) is 0 Å². The number of nitrogens with zero attached hydrogens (tertiary/aromatic N) is 3. The van der Waals surface area contributed by atoms with Gasteiger partial charge in [0, 0.05) is 16.8 Å². The predicted octanol–water partition coefficient (Wildman–Crippen LogP) is 4.20. The number of halogens is 1. The Labute approximate surface area is 162 Å². The second-order valence-electron chi connectivity index (χ2n) is 7.13. The highest BCUT2D eigenvalue weighted by atomic mass is 35.5. The van der Waals surface area contributed by atoms with Crippen molar-refractivity contribution < 1.29 is 9.84 Å². The second kappa shape index (κ2) is 6.41. The second-order valence-corrected chi connectivity index (χ2v) is 7.56. The number of nitriles is 1. The van der Waals surface area contributed by atoms with E-state index in [2.05, 4.69) is 11.2 Å². The molecule has 0 unspecified atom stereocenters. The number of hydrogen-bond acceptors (Lipinski definition) is 4. The summed E-state index contributed by atoms with van der Waals surface area (Å²) < 4.78 is 7.79. The molecule has 0 fully saturated rings. The maximum Gasteiger partial charge on any atom is 0.132 e. The zero-order valence-corrected chi connectivity index (χ0v) is 15.7. The lowest BCUT2D eigenvalue weighted by Crippen LogP contribution is -2.50. The van der Waals surface area contributed by atoms with Crippen LogP contribution in [0.1, 0.15) is 31.0 Å². The van der Waals surface area contributed by atoms with Gasteiger partial charge in [0.25, 0.3) is 0 Å². The molecule has 27 heavy (non-hydrogen) atoms. The molecule has 2 atom stereocenters. The number of aliphatic hydroxyl groups is 1. The van der Waals surface area contributed by atoms with Crippen LogP contribution in [-0.2, 0) is 0 Å². The monoisotopic (exact) mass is 379 g/mol. The van der Waals surface area contributed by atoms with E-state index in [4.69, 9.17) is 16.3 Å². The summed E-state index contributed by atoms with van der Waals surface area (Å²) in [5, 5.41) is 25.5. The van der Waals surface area contributed by atoms with Crippen molar-refractivity contribution in [2.75, 3.05) is 0 Å². The largest absolute Gasteiger partial charge is 0.485 e. The van der Waals surface area contributed by atoms with Gasteiger partial charge in [-0.3, -0.25) is 4.68 Å². The summed E-state index contributed by atoms with van der Waals surface area (Å²) >= 11 is 6.01. The molecule has 1 aliphatic rings. The maximum atomic E-state index is 11.1. The van der Waals surface area contributed by atoms with Crippen LogP contribution >= 0.6 is 11.6 Å². The van der Waals surface area contributed by atoms with Gasteiger partial charge in [0.2, 0.25) is 0 Å². The van der Waals surface area contributed by atoms with Crippen LogP contribution in [0.4, 0.5) is 0 Å². The fraction of sp³-hybridized carbons (Fsp3) is 0.238. The topological polar surface area (TPSA) is 71.1 Å². The number of hydrogen-bond donors (Lipinski definition) is 1. The van der Waals surface area contributed by atoms with Gasteiger partial charge in [-0.25, -0.2) is 0 Å². The Hall–Kier alpha value is -2.81. The Kier molecular flexibility index (Phi) is 4.18. The molecule has 1 N–H and O–H groups in total. The minimum Gasteiger partial charge on any atom is -0.485 e. The summed E-state index contributed by atoms with van der Waals surface area (Å²) in [5.74, 6) is 0.645. The fourth-order valence-corrected chi connectivity index (χ4v) is 3.61. The lowest BCUT2D eigenvalue weighted by Gasteiger charge is -2.42. The third kappa shape index (κ3) is 2.97. The average Bonchev–Trinajstić information content (AvgIpc) is 3.12. The van der Waals surface area contributed by atoms with Gasteiger partial charge >= 0.3 is 0 Å². The minimum absolute atomic E-state index is 0.488. The van der Waals surface area contributed by atoms with Gasteiger partial charge in [0.15, 0.2) is 0 Å². The van der Waals surface area contributed by atoms with Crippen molar-refractivity contribution >= 4 is 11.6 Å². The Balaban J connectivity index is 1.90. The van der Waals surface area contributed by atoms with Gasteiger partial charge in [0.1, 0.15) is 23.5 Å². The standard InChI is InChI=1S/C21H18ClN3O2/c1-21(2)20(26)19(16-11-13(12-23)3-8-18(16)27-21)25-17(9-10-24-25)14-4-6-15(22)7-5-14/h3-11,19-20,26H,1-2H3/t19-,20+/m1/s1. The maximum absolute atomic E-state index is 11.1. The van der Waals surface area contributed by atoms with Crippen molar-refractivity contribution in [2.24, 2.45) is 0 Å². The van der Waals surface area contributed by atoms with Crippen LogP contribution in [-0.4, -0.2) is 26.6 Å². The first-order valence-electron chi connectivity index (χ1n) is 8.61. The normalized spacial score (nSPS) is 20.4. The van der Waals surface area contributed by atoms with Crippen LogP contribution in [0.3, 0.4) is 0 Å². The highest BCUT2D eigenvalue weighted by Crippen LogP contribution is 2.43. The Morgan fingerprint density at radius 2 is 1.93 bits per heavy atom. The van der Waals surface area contributed by atoms with Gasteiger partial charge in [-0.15, -0.1) is 0 Å². The first-order valence-corrected chi connectivity index (χ1v) is 8.99. The van der Waals surface area contributed by atoms with Crippen molar-refractivity contribution in [1.29, 1.82) is 5.26 Å². The van der Waals surface area contributed by atoms with Crippen LogP contribution in [0.25, 0.3) is 11.3 Å². The van der Waals surface area contributed by atoms with Crippen molar-refractivity contribution in [3.05, 3.63) is 70.9 Å². The zero-order chi connectivity index (χ0) is 19.2. The number of ether oxygens (including phenoxy) is 1. The zero-order valence-electron chi connectivity index (χ0n) is 14.9. The first-order chi connectivity index (χ1) is 12.9. The molecule has 0 saturated carbocycles. The van der Waals surface area contributed by atoms with E-state index in [0.717, 1.165) is 16.8 Å². The van der Waals surface area contributed by atoms with Crippen LogP contribution in [0.5, 0.6) is 5.75 Å². The van der Waals surface area contributed by atoms with Crippen molar-refractivity contribution in [2.45, 2.75) is 31.6 Å². The summed E-state index contributed by atoms with van der Waals surface area (Å²) in [6.45, 7) is 3.69. The lowest BCUT2D eigenvalue weighted by molar-refractivity contribution is -0.0655. The molecular weight excluding hydrogens is 362 g/mol. The quantitative estimate of drug-likeness (QED) is 0.724. The average molecular weight is 380 g/mol. The molecule has 4 rings (SSSR count). The van der Waals surface area contributed by atoms with E-state index < -0.39 is 17.7 Å². The number of rotatable bonds is 2. The molecule has 0 saturated heterocycles. The summed E-state index contributed by atoms with van der Waals surface area (Å²) in [4.78, 5) is 0. The minimum atomic E-state index is -0.857. The number of aliphatic hydroxyl groups excluding tert-OH is 1. The van der Waals surface area contributed by atoms with Gasteiger partial charge in [0.05, 0.1) is 17.3 Å². The van der Waals surface area contributed by atoms with Gasteiger partial charge in [-0.05, 0) is 55.8 Å². The molecule has 0 spiro atoms. The lowest BCUT2D eigenvalue weighted by atomic mass is 9.85. The molecule has 0 aliphatic carbocycles. The van der Waals surface area contributed by atoms with Crippen LogP contribution in [0.15, 0.2) is 54.7 Å². The number of benzene rings is 2. The Bertz CT molecular complexity index is 1030. The smallest absolute Gasteiger partial charge is 0.132 e. The molecule has 1 aliphatic heterocycles. The predicted molar refractivity (Wildman–Crippen MR) is 103 cm³/mol. The van der Waals surface area contributed by atoms with E-state index in [-0.39, 0.29) is 0 Å². The summed E-state index contributed by atoms with van der Waals surface area (Å²) in [6, 6.07) is 16.3. The molecule has 2 heterocycles. The molecule has 5 nitrogen and oxygen atoms in total. The number of aromatic nitrogens is 2. The Morgan fingerprint density at radius 3 is 2.63 bits per heavy atom. The van der Waals surface area contributed by atoms with Crippen LogP contribution in [0, 0.1) is 11.3 Å². The highest BCUT2D eigenvalue weighted by molar-refractivity contribution is 6.30. The molecule has 0 bridgehead atoms. The first kappa shape index (κ1) is 17.6. The molecule has 136 valence electrons. The van der Waals surface area contributed by atoms with Crippen molar-refractivity contribution in [1.82, 2.24) is 9.78 Å². The third-order valence-electron chi connectivity index (χ3n) is 4.92. The molecule has 6 heteroatoms. The summed E-state index contributed by atoms with van der Waals surface area (Å²) in [7, 11) is 0. The molecule has 0 amide bonds. The van der Waals surface area contributed by atoms with E-state index in [9.17, 15) is 10.4 Å². The summed E-state index contributed by atoms with van der Waals surface area (Å²) in [6.07, 6.45) is 0.845. The third-order valence-corrected chi connectivity index (χ3v) is 5.17. The van der Waals surface area contributed by atoms with Gasteiger partial charge in [-0.2, -0.15) is 10.4 Å².